The molecule has 1 aliphatic heterocycles. The second-order valence-electron chi connectivity index (χ2n) is 5.42. The minimum absolute atomic E-state index is 0.464. The predicted octanol–water partition coefficient (Wildman–Crippen LogP) is 3.97. The van der Waals surface area contributed by atoms with E-state index in [2.05, 4.69) is 64.4 Å². The van der Waals surface area contributed by atoms with Gasteiger partial charge in [-0.1, -0.05) is 35.0 Å². The van der Waals surface area contributed by atoms with E-state index in [1.165, 1.54) is 44.3 Å². The molecule has 1 fully saturated rings. The van der Waals surface area contributed by atoms with Gasteiger partial charge in [-0.25, -0.2) is 0 Å². The van der Waals surface area contributed by atoms with Gasteiger partial charge in [0.2, 0.25) is 0 Å². The van der Waals surface area contributed by atoms with Gasteiger partial charge in [-0.05, 0) is 57.0 Å². The lowest BCUT2D eigenvalue weighted by molar-refractivity contribution is 0.235. The first-order valence-corrected chi connectivity index (χ1v) is 8.20. The normalized spacial score (nSPS) is 21.7. The van der Waals surface area contributed by atoms with E-state index in [-0.39, 0.29) is 0 Å². The molecule has 2 unspecified atom stereocenters. The standard InChI is InChI=1S/C16H25BrN2/c1-3-15-5-4-11-19(15)12-10-16(18-2)13-6-8-14(17)9-7-13/h6-9,15-16,18H,3-5,10-12H2,1-2H3. The zero-order chi connectivity index (χ0) is 13.7. The Bertz CT molecular complexity index is 377. The quantitative estimate of drug-likeness (QED) is 0.851. The van der Waals surface area contributed by atoms with Crippen LogP contribution in [0.2, 0.25) is 0 Å². The Kier molecular flexibility index (Phi) is 5.86. The number of rotatable bonds is 6. The molecule has 106 valence electrons. The fraction of sp³-hybridized carbons (Fsp3) is 0.625. The largest absolute Gasteiger partial charge is 0.313 e. The van der Waals surface area contributed by atoms with Crippen molar-refractivity contribution in [3.63, 3.8) is 0 Å². The van der Waals surface area contributed by atoms with E-state index in [0.717, 1.165) is 10.5 Å². The van der Waals surface area contributed by atoms with Crippen LogP contribution in [0.1, 0.15) is 44.2 Å². The Morgan fingerprint density at radius 3 is 2.74 bits per heavy atom. The molecule has 0 spiro atoms. The maximum atomic E-state index is 3.50. The van der Waals surface area contributed by atoms with Crippen molar-refractivity contribution in [3.8, 4) is 0 Å². The van der Waals surface area contributed by atoms with E-state index in [0.29, 0.717) is 6.04 Å². The van der Waals surface area contributed by atoms with E-state index in [4.69, 9.17) is 0 Å². The van der Waals surface area contributed by atoms with Gasteiger partial charge in [-0.15, -0.1) is 0 Å². The van der Waals surface area contributed by atoms with Crippen molar-refractivity contribution in [1.82, 2.24) is 10.2 Å². The van der Waals surface area contributed by atoms with Crippen LogP contribution in [0.15, 0.2) is 28.7 Å². The molecule has 2 atom stereocenters. The summed E-state index contributed by atoms with van der Waals surface area (Å²) >= 11 is 3.50. The third-order valence-electron chi connectivity index (χ3n) is 4.30. The molecular weight excluding hydrogens is 300 g/mol. The number of likely N-dealkylation sites (tertiary alicyclic amines) is 1. The summed E-state index contributed by atoms with van der Waals surface area (Å²) in [7, 11) is 2.06. The fourth-order valence-electron chi connectivity index (χ4n) is 3.12. The summed E-state index contributed by atoms with van der Waals surface area (Å²) in [6.45, 7) is 4.81. The lowest BCUT2D eigenvalue weighted by Gasteiger charge is -2.26. The highest BCUT2D eigenvalue weighted by molar-refractivity contribution is 9.10. The van der Waals surface area contributed by atoms with Crippen LogP contribution in [0.5, 0.6) is 0 Å². The predicted molar refractivity (Wildman–Crippen MR) is 85.4 cm³/mol. The Balaban J connectivity index is 1.90. The SMILES string of the molecule is CCC1CCCN1CCC(NC)c1ccc(Br)cc1. The molecule has 0 saturated carbocycles. The molecule has 0 radical (unpaired) electrons. The Morgan fingerprint density at radius 2 is 2.11 bits per heavy atom. The topological polar surface area (TPSA) is 15.3 Å². The molecule has 0 aromatic heterocycles. The molecule has 0 aliphatic carbocycles. The van der Waals surface area contributed by atoms with Crippen LogP contribution in [0, 0.1) is 0 Å². The van der Waals surface area contributed by atoms with Gasteiger partial charge < -0.3 is 10.2 Å². The van der Waals surface area contributed by atoms with Crippen LogP contribution in [0.25, 0.3) is 0 Å². The molecule has 1 saturated heterocycles. The second-order valence-corrected chi connectivity index (χ2v) is 6.34. The van der Waals surface area contributed by atoms with Gasteiger partial charge in [-0.2, -0.15) is 0 Å². The molecule has 1 aliphatic rings. The number of nitrogens with zero attached hydrogens (tertiary/aromatic N) is 1. The summed E-state index contributed by atoms with van der Waals surface area (Å²) in [5.41, 5.74) is 1.39. The lowest BCUT2D eigenvalue weighted by atomic mass is 10.0. The average molecular weight is 325 g/mol. The van der Waals surface area contributed by atoms with Crippen LogP contribution in [0.4, 0.5) is 0 Å². The summed E-state index contributed by atoms with van der Waals surface area (Å²) in [5, 5.41) is 3.45. The second kappa shape index (κ2) is 7.41. The van der Waals surface area contributed by atoms with Crippen LogP contribution in [0.3, 0.4) is 0 Å². The molecule has 1 aromatic carbocycles. The average Bonchev–Trinajstić information content (AvgIpc) is 2.89. The van der Waals surface area contributed by atoms with Crippen LogP contribution >= 0.6 is 15.9 Å². The highest BCUT2D eigenvalue weighted by Gasteiger charge is 2.23. The first kappa shape index (κ1) is 15.0. The van der Waals surface area contributed by atoms with Crippen molar-refractivity contribution in [3.05, 3.63) is 34.3 Å². The number of nitrogens with one attached hydrogen (secondary N) is 1. The third kappa shape index (κ3) is 4.04. The highest BCUT2D eigenvalue weighted by Crippen LogP contribution is 2.24. The van der Waals surface area contributed by atoms with E-state index in [1.54, 1.807) is 0 Å². The molecule has 1 N–H and O–H groups in total. The van der Waals surface area contributed by atoms with Gasteiger partial charge in [0.15, 0.2) is 0 Å². The van der Waals surface area contributed by atoms with E-state index >= 15 is 0 Å². The van der Waals surface area contributed by atoms with Gasteiger partial charge >= 0.3 is 0 Å². The molecule has 3 heteroatoms. The molecule has 0 amide bonds. The first-order chi connectivity index (χ1) is 9.24. The molecule has 2 nitrogen and oxygen atoms in total. The smallest absolute Gasteiger partial charge is 0.0329 e. The number of hydrogen-bond acceptors (Lipinski definition) is 2. The molecule has 19 heavy (non-hydrogen) atoms. The van der Waals surface area contributed by atoms with Crippen molar-refractivity contribution in [2.45, 2.75) is 44.7 Å². The van der Waals surface area contributed by atoms with Gasteiger partial charge in [-0.3, -0.25) is 0 Å². The summed E-state index contributed by atoms with van der Waals surface area (Å²) in [6.07, 6.45) is 5.25. The van der Waals surface area contributed by atoms with Gasteiger partial charge in [0.25, 0.3) is 0 Å². The van der Waals surface area contributed by atoms with Gasteiger partial charge in [0.1, 0.15) is 0 Å². The van der Waals surface area contributed by atoms with Gasteiger partial charge in [0.05, 0.1) is 0 Å². The van der Waals surface area contributed by atoms with Crippen molar-refractivity contribution in [2.75, 3.05) is 20.1 Å². The molecule has 0 bridgehead atoms. The zero-order valence-corrected chi connectivity index (χ0v) is 13.6. The van der Waals surface area contributed by atoms with Crippen molar-refractivity contribution in [2.24, 2.45) is 0 Å². The third-order valence-corrected chi connectivity index (χ3v) is 4.82. The molecular formula is C16H25BrN2. The number of hydrogen-bond donors (Lipinski definition) is 1. The Morgan fingerprint density at radius 1 is 1.37 bits per heavy atom. The monoisotopic (exact) mass is 324 g/mol. The zero-order valence-electron chi connectivity index (χ0n) is 12.0. The molecule has 2 rings (SSSR count). The van der Waals surface area contributed by atoms with Crippen LogP contribution in [-0.4, -0.2) is 31.1 Å². The Hall–Kier alpha value is -0.380. The minimum Gasteiger partial charge on any atom is -0.313 e. The summed E-state index contributed by atoms with van der Waals surface area (Å²) in [6, 6.07) is 9.97. The fourth-order valence-corrected chi connectivity index (χ4v) is 3.38. The Labute approximate surface area is 125 Å². The van der Waals surface area contributed by atoms with E-state index < -0.39 is 0 Å². The highest BCUT2D eigenvalue weighted by atomic mass is 79.9. The number of benzene rings is 1. The number of halogens is 1. The van der Waals surface area contributed by atoms with Crippen molar-refractivity contribution < 1.29 is 0 Å². The maximum Gasteiger partial charge on any atom is 0.0329 e. The van der Waals surface area contributed by atoms with Crippen LogP contribution < -0.4 is 5.32 Å². The summed E-state index contributed by atoms with van der Waals surface area (Å²) < 4.78 is 1.15. The minimum atomic E-state index is 0.464. The molecule has 1 heterocycles. The van der Waals surface area contributed by atoms with Crippen molar-refractivity contribution in [1.29, 1.82) is 0 Å². The maximum absolute atomic E-state index is 3.50. The molecule has 1 aromatic rings. The first-order valence-electron chi connectivity index (χ1n) is 7.41. The summed E-state index contributed by atoms with van der Waals surface area (Å²) in [4.78, 5) is 2.67. The lowest BCUT2D eigenvalue weighted by Crippen LogP contribution is -2.32. The van der Waals surface area contributed by atoms with Crippen molar-refractivity contribution >= 4 is 15.9 Å². The van der Waals surface area contributed by atoms with Crippen LogP contribution in [-0.2, 0) is 0 Å². The summed E-state index contributed by atoms with van der Waals surface area (Å²) in [5.74, 6) is 0. The van der Waals surface area contributed by atoms with E-state index in [1.807, 2.05) is 0 Å². The van der Waals surface area contributed by atoms with E-state index in [9.17, 15) is 0 Å². The van der Waals surface area contributed by atoms with Gasteiger partial charge in [0, 0.05) is 23.1 Å².